The Bertz CT molecular complexity index is 2790. The van der Waals surface area contributed by atoms with Crippen LogP contribution in [0.5, 0.6) is 0 Å². The van der Waals surface area contributed by atoms with Crippen molar-refractivity contribution in [1.82, 2.24) is 14.1 Å². The predicted octanol–water partition coefficient (Wildman–Crippen LogP) is 11.2. The molecule has 0 aliphatic carbocycles. The Hall–Kier alpha value is -6.19. The van der Waals surface area contributed by atoms with Crippen molar-refractivity contribution in [1.29, 1.82) is 0 Å². The summed E-state index contributed by atoms with van der Waals surface area (Å²) >= 11 is 0. The van der Waals surface area contributed by atoms with Crippen molar-refractivity contribution in [2.75, 3.05) is 0 Å². The number of nitrogens with zero attached hydrogens (tertiary/aromatic N) is 3. The third-order valence-corrected chi connectivity index (χ3v) is 9.46. The lowest BCUT2D eigenvalue weighted by Crippen LogP contribution is -2.01. The highest BCUT2D eigenvalue weighted by Crippen LogP contribution is 2.43. The van der Waals surface area contributed by atoms with Crippen molar-refractivity contribution in [3.05, 3.63) is 164 Å². The zero-order valence-electron chi connectivity index (χ0n) is 24.9. The van der Waals surface area contributed by atoms with Gasteiger partial charge in [0, 0.05) is 38.2 Å². The van der Waals surface area contributed by atoms with Crippen LogP contribution < -0.4 is 0 Å². The third-order valence-electron chi connectivity index (χ3n) is 9.46. The van der Waals surface area contributed by atoms with Crippen molar-refractivity contribution in [3.63, 3.8) is 0 Å². The van der Waals surface area contributed by atoms with E-state index in [1.807, 2.05) is 0 Å². The summed E-state index contributed by atoms with van der Waals surface area (Å²) in [6.45, 7) is 0. The van der Waals surface area contributed by atoms with Gasteiger partial charge >= 0.3 is 0 Å². The van der Waals surface area contributed by atoms with E-state index in [1.54, 1.807) is 0 Å². The minimum Gasteiger partial charge on any atom is -0.309 e. The number of hydrogen-bond acceptors (Lipinski definition) is 1. The molecule has 10 aromatic rings. The lowest BCUT2D eigenvalue weighted by molar-refractivity contribution is 1.10. The van der Waals surface area contributed by atoms with Crippen molar-refractivity contribution < 1.29 is 0 Å². The second kappa shape index (κ2) is 9.65. The topological polar surface area (TPSA) is 22.8 Å². The Morgan fingerprint density at radius 3 is 1.91 bits per heavy atom. The van der Waals surface area contributed by atoms with Crippen molar-refractivity contribution in [3.8, 4) is 22.6 Å². The van der Waals surface area contributed by atoms with Crippen LogP contribution in [-0.2, 0) is 0 Å². The summed E-state index contributed by atoms with van der Waals surface area (Å²) in [5, 5.41) is 8.61. The summed E-state index contributed by atoms with van der Waals surface area (Å²) in [6, 6.07) is 58.9. The molecule has 0 N–H and O–H groups in total. The molecular formula is C43H27N3. The third kappa shape index (κ3) is 3.57. The molecule has 0 fully saturated rings. The second-order valence-corrected chi connectivity index (χ2v) is 12.0. The molecule has 46 heavy (non-hydrogen) atoms. The van der Waals surface area contributed by atoms with Crippen LogP contribution in [0.1, 0.15) is 0 Å². The molecule has 0 bridgehead atoms. The minimum atomic E-state index is 0.934. The van der Waals surface area contributed by atoms with Gasteiger partial charge in [-0.15, -0.1) is 0 Å². The molecule has 3 nitrogen and oxygen atoms in total. The smallest absolute Gasteiger partial charge is 0.146 e. The van der Waals surface area contributed by atoms with Gasteiger partial charge in [0.25, 0.3) is 0 Å². The van der Waals surface area contributed by atoms with Gasteiger partial charge < -0.3 is 4.57 Å². The van der Waals surface area contributed by atoms with Crippen LogP contribution in [0.2, 0.25) is 0 Å². The van der Waals surface area contributed by atoms with E-state index in [0.717, 1.165) is 44.6 Å². The van der Waals surface area contributed by atoms with E-state index in [9.17, 15) is 0 Å². The SMILES string of the molecule is c1ccc(-c2cc3ccccc3nc2-n2c3ccccc3c3cc4c5c6ccccc6ccc5n(-c5ccccc5)c4cc32)cc1. The van der Waals surface area contributed by atoms with Gasteiger partial charge in [0.05, 0.1) is 27.6 Å². The number of hydrogen-bond donors (Lipinski definition) is 0. The van der Waals surface area contributed by atoms with E-state index in [4.69, 9.17) is 4.98 Å². The van der Waals surface area contributed by atoms with Gasteiger partial charge in [-0.1, -0.05) is 115 Å². The van der Waals surface area contributed by atoms with Crippen LogP contribution in [-0.4, -0.2) is 14.1 Å². The number of fused-ring (bicyclic) bond motifs is 9. The van der Waals surface area contributed by atoms with E-state index in [0.29, 0.717) is 0 Å². The van der Waals surface area contributed by atoms with Gasteiger partial charge in [-0.05, 0) is 64.9 Å². The molecule has 0 radical (unpaired) electrons. The van der Waals surface area contributed by atoms with Gasteiger partial charge in [0.1, 0.15) is 5.82 Å². The van der Waals surface area contributed by atoms with Gasteiger partial charge in [0.2, 0.25) is 0 Å². The van der Waals surface area contributed by atoms with Crippen LogP contribution in [0.4, 0.5) is 0 Å². The van der Waals surface area contributed by atoms with Crippen LogP contribution >= 0.6 is 0 Å². The Labute approximate surface area is 265 Å². The number of para-hydroxylation sites is 3. The lowest BCUT2D eigenvalue weighted by atomic mass is 10.0. The van der Waals surface area contributed by atoms with Gasteiger partial charge in [-0.25, -0.2) is 4.98 Å². The molecule has 0 spiro atoms. The van der Waals surface area contributed by atoms with E-state index < -0.39 is 0 Å². The maximum atomic E-state index is 5.39. The molecule has 3 aromatic heterocycles. The predicted molar refractivity (Wildman–Crippen MR) is 193 cm³/mol. The molecule has 0 aliphatic rings. The first-order valence-electron chi connectivity index (χ1n) is 15.7. The summed E-state index contributed by atoms with van der Waals surface area (Å²) < 4.78 is 4.80. The summed E-state index contributed by atoms with van der Waals surface area (Å²) in [5.74, 6) is 0.934. The van der Waals surface area contributed by atoms with Crippen molar-refractivity contribution in [2.24, 2.45) is 0 Å². The average molecular weight is 586 g/mol. The van der Waals surface area contributed by atoms with Crippen LogP contribution in [0.25, 0.3) is 87.9 Å². The molecule has 3 heteroatoms. The first kappa shape index (κ1) is 25.2. The van der Waals surface area contributed by atoms with E-state index >= 15 is 0 Å². The molecule has 10 rings (SSSR count). The molecule has 3 heterocycles. The van der Waals surface area contributed by atoms with Crippen LogP contribution in [0, 0.1) is 0 Å². The molecule has 0 unspecified atom stereocenters. The van der Waals surface area contributed by atoms with Crippen LogP contribution in [0.3, 0.4) is 0 Å². The first-order chi connectivity index (χ1) is 22.8. The molecule has 0 saturated carbocycles. The quantitative estimate of drug-likeness (QED) is 0.202. The zero-order chi connectivity index (χ0) is 30.2. The fourth-order valence-electron chi connectivity index (χ4n) is 7.44. The number of rotatable bonds is 3. The van der Waals surface area contributed by atoms with Crippen molar-refractivity contribution in [2.45, 2.75) is 0 Å². The molecule has 0 amide bonds. The Balaban J connectivity index is 1.41. The standard InChI is InChI=1S/C43H27N3/c1-3-13-28(14-4-1)34-25-30-16-8-11-21-37(30)44-43(34)46-38-22-12-10-20-33(38)35-26-36-41(27-40(35)46)45(31-17-5-2-6-18-31)39-24-23-29-15-7-9-19-32(29)42(36)39/h1-27H. The highest BCUT2D eigenvalue weighted by Gasteiger charge is 2.22. The highest BCUT2D eigenvalue weighted by molar-refractivity contribution is 6.25. The maximum absolute atomic E-state index is 5.39. The van der Waals surface area contributed by atoms with E-state index in [2.05, 4.69) is 173 Å². The molecule has 214 valence electrons. The largest absolute Gasteiger partial charge is 0.309 e. The fourth-order valence-corrected chi connectivity index (χ4v) is 7.44. The minimum absolute atomic E-state index is 0.934. The van der Waals surface area contributed by atoms with E-state index in [1.165, 1.54) is 43.4 Å². The normalized spacial score (nSPS) is 11.9. The highest BCUT2D eigenvalue weighted by atomic mass is 15.1. The fraction of sp³-hybridized carbons (Fsp3) is 0. The van der Waals surface area contributed by atoms with Crippen LogP contribution in [0.15, 0.2) is 164 Å². The monoisotopic (exact) mass is 585 g/mol. The molecule has 0 atom stereocenters. The number of benzene rings is 7. The van der Waals surface area contributed by atoms with Gasteiger partial charge in [0.15, 0.2) is 0 Å². The summed E-state index contributed by atoms with van der Waals surface area (Å²) in [6.07, 6.45) is 0. The second-order valence-electron chi connectivity index (χ2n) is 12.0. The van der Waals surface area contributed by atoms with Gasteiger partial charge in [-0.2, -0.15) is 0 Å². The summed E-state index contributed by atoms with van der Waals surface area (Å²) in [4.78, 5) is 5.39. The Kier molecular flexibility index (Phi) is 5.28. The molecule has 7 aromatic carbocycles. The number of pyridine rings is 1. The molecule has 0 saturated heterocycles. The Morgan fingerprint density at radius 2 is 1.07 bits per heavy atom. The molecule has 0 aliphatic heterocycles. The summed E-state index contributed by atoms with van der Waals surface area (Å²) in [5.41, 5.74) is 9.05. The maximum Gasteiger partial charge on any atom is 0.146 e. The van der Waals surface area contributed by atoms with E-state index in [-0.39, 0.29) is 0 Å². The average Bonchev–Trinajstić information content (AvgIpc) is 3.63. The Morgan fingerprint density at radius 1 is 0.391 bits per heavy atom. The van der Waals surface area contributed by atoms with Gasteiger partial charge in [-0.3, -0.25) is 4.57 Å². The molecular weight excluding hydrogens is 558 g/mol. The lowest BCUT2D eigenvalue weighted by Gasteiger charge is -2.15. The first-order valence-corrected chi connectivity index (χ1v) is 15.7. The zero-order valence-corrected chi connectivity index (χ0v) is 24.9. The summed E-state index contributed by atoms with van der Waals surface area (Å²) in [7, 11) is 0. The van der Waals surface area contributed by atoms with Crippen molar-refractivity contribution >= 4 is 65.3 Å². The number of aromatic nitrogens is 3.